The van der Waals surface area contributed by atoms with Gasteiger partial charge in [0.2, 0.25) is 12.0 Å². The highest BCUT2D eigenvalue weighted by Gasteiger charge is 2.76. The van der Waals surface area contributed by atoms with Crippen LogP contribution in [-0.2, 0) is 13.3 Å². The topological polar surface area (TPSA) is 27.7 Å². The molecule has 0 spiro atoms. The average molecular weight is 410 g/mol. The molecule has 0 heterocycles. The highest BCUT2D eigenvalue weighted by atomic mass is 28.4. The molecular weight excluding hydrogens is 391 g/mol. The third-order valence-corrected chi connectivity index (χ3v) is 6.03. The lowest BCUT2D eigenvalue weighted by atomic mass is 10.0. The molecule has 0 aliphatic heterocycles. The fourth-order valence-corrected chi connectivity index (χ4v) is 4.38. The summed E-state index contributed by atoms with van der Waals surface area (Å²) in [6.45, 7) is 2.18. The maximum absolute atomic E-state index is 14.4. The molecule has 3 atom stereocenters. The second-order valence-corrected chi connectivity index (χ2v) is 7.27. The standard InChI is InChI=1S/C12H19F9O3Si/c1-4-22-25(23-5-2,24-6-3)10(17)12(20,21)11(18,19)8(14)7(13)9(15)16/h7-10H,4-6H2,1-3H3. The van der Waals surface area contributed by atoms with Crippen LogP contribution in [0.25, 0.3) is 0 Å². The van der Waals surface area contributed by atoms with Gasteiger partial charge in [-0.25, -0.2) is 22.0 Å². The van der Waals surface area contributed by atoms with Gasteiger partial charge in [0, 0.05) is 19.8 Å². The van der Waals surface area contributed by atoms with E-state index in [1.165, 1.54) is 20.8 Å². The van der Waals surface area contributed by atoms with Gasteiger partial charge in [-0.3, -0.25) is 0 Å². The van der Waals surface area contributed by atoms with Crippen LogP contribution < -0.4 is 0 Å². The van der Waals surface area contributed by atoms with Crippen LogP contribution in [0.1, 0.15) is 20.8 Å². The Morgan fingerprint density at radius 2 is 1.08 bits per heavy atom. The van der Waals surface area contributed by atoms with Crippen molar-refractivity contribution in [3.8, 4) is 0 Å². The van der Waals surface area contributed by atoms with Crippen molar-refractivity contribution in [3.63, 3.8) is 0 Å². The predicted octanol–water partition coefficient (Wildman–Crippen LogP) is 4.12. The molecule has 0 bridgehead atoms. The molecule has 0 aromatic carbocycles. The number of rotatable bonds is 12. The summed E-state index contributed by atoms with van der Waals surface area (Å²) in [5.74, 6) is -16.1. The number of alkyl halides is 9. The van der Waals surface area contributed by atoms with E-state index in [4.69, 9.17) is 0 Å². The van der Waals surface area contributed by atoms with Gasteiger partial charge >= 0.3 is 20.6 Å². The molecule has 0 saturated heterocycles. The average Bonchev–Trinajstić information content (AvgIpc) is 2.52. The fourth-order valence-electron chi connectivity index (χ4n) is 1.85. The normalized spacial score (nSPS) is 17.6. The number of hydrogen-bond acceptors (Lipinski definition) is 3. The van der Waals surface area contributed by atoms with Gasteiger partial charge in [0.05, 0.1) is 0 Å². The maximum atomic E-state index is 14.4. The van der Waals surface area contributed by atoms with Crippen molar-refractivity contribution in [2.45, 2.75) is 57.2 Å². The molecule has 152 valence electrons. The highest BCUT2D eigenvalue weighted by molar-refractivity contribution is 6.62. The third kappa shape index (κ3) is 5.01. The summed E-state index contributed by atoms with van der Waals surface area (Å²) in [6.07, 6.45) is -13.2. The fraction of sp³-hybridized carbons (Fsp3) is 1.00. The van der Waals surface area contributed by atoms with E-state index in [0.29, 0.717) is 0 Å². The maximum Gasteiger partial charge on any atom is 0.543 e. The lowest BCUT2D eigenvalue weighted by Crippen LogP contribution is -2.68. The lowest BCUT2D eigenvalue weighted by molar-refractivity contribution is -0.272. The van der Waals surface area contributed by atoms with Crippen LogP contribution in [0.4, 0.5) is 39.5 Å². The number of halogens is 9. The monoisotopic (exact) mass is 410 g/mol. The SMILES string of the molecule is CCO[Si](OCC)(OCC)C(F)C(F)(F)C(F)(F)C(F)C(F)C(F)F. The first-order valence-electron chi connectivity index (χ1n) is 7.23. The molecule has 0 aliphatic rings. The second-order valence-electron chi connectivity index (χ2n) is 4.69. The van der Waals surface area contributed by atoms with Crippen molar-refractivity contribution in [1.82, 2.24) is 0 Å². The Labute approximate surface area is 139 Å². The quantitative estimate of drug-likeness (QED) is 0.358. The molecule has 0 amide bonds. The summed E-state index contributed by atoms with van der Waals surface area (Å²) in [4.78, 5) is 0. The van der Waals surface area contributed by atoms with Gasteiger partial charge < -0.3 is 13.3 Å². The molecule has 13 heteroatoms. The van der Waals surface area contributed by atoms with E-state index in [9.17, 15) is 39.5 Å². The lowest BCUT2D eigenvalue weighted by Gasteiger charge is -2.38. The minimum absolute atomic E-state index is 0.476. The minimum atomic E-state index is -6.11. The van der Waals surface area contributed by atoms with Crippen molar-refractivity contribution in [2.75, 3.05) is 19.8 Å². The predicted molar refractivity (Wildman–Crippen MR) is 71.2 cm³/mol. The zero-order valence-electron chi connectivity index (χ0n) is 13.6. The summed E-state index contributed by atoms with van der Waals surface area (Å²) < 4.78 is 134. The molecule has 0 aliphatic carbocycles. The largest absolute Gasteiger partial charge is 0.543 e. The van der Waals surface area contributed by atoms with Gasteiger partial charge in [-0.15, -0.1) is 0 Å². The van der Waals surface area contributed by atoms with Gasteiger partial charge in [0.15, 0.2) is 6.17 Å². The first-order chi connectivity index (χ1) is 11.4. The van der Waals surface area contributed by atoms with E-state index < -0.39 is 65.0 Å². The van der Waals surface area contributed by atoms with E-state index in [1.807, 2.05) is 0 Å². The first-order valence-corrected chi connectivity index (χ1v) is 9.03. The second kappa shape index (κ2) is 9.42. The molecular formula is C12H19F9O3Si. The van der Waals surface area contributed by atoms with Gasteiger partial charge in [-0.05, 0) is 20.8 Å². The van der Waals surface area contributed by atoms with Gasteiger partial charge in [0.25, 0.3) is 6.43 Å². The van der Waals surface area contributed by atoms with Crippen molar-refractivity contribution in [1.29, 1.82) is 0 Å². The van der Waals surface area contributed by atoms with Gasteiger partial charge in [-0.2, -0.15) is 17.6 Å². The molecule has 0 fully saturated rings. The minimum Gasteiger partial charge on any atom is -0.372 e. The Bertz CT molecular complexity index is 383. The van der Waals surface area contributed by atoms with E-state index in [0.717, 1.165) is 0 Å². The van der Waals surface area contributed by atoms with Crippen LogP contribution in [0, 0.1) is 0 Å². The smallest absolute Gasteiger partial charge is 0.372 e. The zero-order valence-corrected chi connectivity index (χ0v) is 14.6. The molecule has 0 saturated carbocycles. The molecule has 0 N–H and O–H groups in total. The summed E-state index contributed by atoms with van der Waals surface area (Å²) in [6, 6.07) is 0. The Hall–Kier alpha value is -0.533. The molecule has 0 aromatic rings. The van der Waals surface area contributed by atoms with Crippen LogP contribution in [0.5, 0.6) is 0 Å². The van der Waals surface area contributed by atoms with Crippen LogP contribution >= 0.6 is 0 Å². The highest BCUT2D eigenvalue weighted by Crippen LogP contribution is 2.47. The van der Waals surface area contributed by atoms with E-state index in [1.54, 1.807) is 0 Å². The van der Waals surface area contributed by atoms with Crippen molar-refractivity contribution in [3.05, 3.63) is 0 Å². The Kier molecular flexibility index (Phi) is 9.22. The summed E-state index contributed by atoms with van der Waals surface area (Å²) in [7, 11) is -5.13. The molecule has 0 rings (SSSR count). The summed E-state index contributed by atoms with van der Waals surface area (Å²) >= 11 is 0. The first kappa shape index (κ1) is 24.5. The van der Waals surface area contributed by atoms with Crippen molar-refractivity contribution < 1.29 is 52.8 Å². The summed E-state index contributed by atoms with van der Waals surface area (Å²) in [5, 5.41) is 0. The third-order valence-electron chi connectivity index (χ3n) is 2.98. The molecule has 25 heavy (non-hydrogen) atoms. The van der Waals surface area contributed by atoms with Gasteiger partial charge in [-0.1, -0.05) is 0 Å². The van der Waals surface area contributed by atoms with Gasteiger partial charge in [0.1, 0.15) is 0 Å². The molecule has 0 aromatic heterocycles. The molecule has 3 unspecified atom stereocenters. The Morgan fingerprint density at radius 3 is 1.36 bits per heavy atom. The zero-order chi connectivity index (χ0) is 20.1. The molecule has 0 radical (unpaired) electrons. The van der Waals surface area contributed by atoms with Crippen LogP contribution in [-0.4, -0.2) is 65.0 Å². The number of hydrogen-bond donors (Lipinski definition) is 0. The van der Waals surface area contributed by atoms with Crippen molar-refractivity contribution >= 4 is 8.80 Å². The van der Waals surface area contributed by atoms with E-state index >= 15 is 0 Å². The van der Waals surface area contributed by atoms with Crippen LogP contribution in [0.3, 0.4) is 0 Å². The van der Waals surface area contributed by atoms with E-state index in [2.05, 4.69) is 13.3 Å². The Balaban J connectivity index is 5.89. The van der Waals surface area contributed by atoms with Crippen molar-refractivity contribution in [2.24, 2.45) is 0 Å². The van der Waals surface area contributed by atoms with Crippen LogP contribution in [0.2, 0.25) is 0 Å². The van der Waals surface area contributed by atoms with E-state index in [-0.39, 0.29) is 0 Å². The Morgan fingerprint density at radius 1 is 0.720 bits per heavy atom. The summed E-state index contributed by atoms with van der Waals surface area (Å²) in [5.41, 5.74) is 0. The molecule has 3 nitrogen and oxygen atoms in total. The van der Waals surface area contributed by atoms with Crippen LogP contribution in [0.15, 0.2) is 0 Å².